The van der Waals surface area contributed by atoms with Crippen LogP contribution in [0.1, 0.15) is 30.9 Å². The van der Waals surface area contributed by atoms with Crippen molar-refractivity contribution in [3.05, 3.63) is 23.8 Å². The van der Waals surface area contributed by atoms with E-state index in [0.717, 1.165) is 37.4 Å². The van der Waals surface area contributed by atoms with Crippen molar-refractivity contribution in [1.29, 1.82) is 0 Å². The van der Waals surface area contributed by atoms with Crippen LogP contribution in [0, 0.1) is 0 Å². The van der Waals surface area contributed by atoms with Crippen molar-refractivity contribution in [2.45, 2.75) is 25.3 Å². The summed E-state index contributed by atoms with van der Waals surface area (Å²) in [6, 6.07) is 6.37. The molecule has 0 bridgehead atoms. The maximum Gasteiger partial charge on any atom is 0.306 e. The van der Waals surface area contributed by atoms with Gasteiger partial charge in [0, 0.05) is 18.2 Å². The third-order valence-electron chi connectivity index (χ3n) is 4.15. The Bertz CT molecular complexity index is 517. The minimum atomic E-state index is -0.157. The molecule has 1 saturated heterocycles. The van der Waals surface area contributed by atoms with Crippen LogP contribution in [0.2, 0.25) is 0 Å². The molecule has 21 heavy (non-hydrogen) atoms. The molecule has 0 spiro atoms. The largest absolute Gasteiger partial charge is 0.486 e. The maximum absolute atomic E-state index is 11.4. The fraction of sp³-hybridized carbons (Fsp3) is 0.562. The highest BCUT2D eigenvalue weighted by Gasteiger charge is 2.30. The van der Waals surface area contributed by atoms with Crippen LogP contribution in [0.5, 0.6) is 11.5 Å². The van der Waals surface area contributed by atoms with Gasteiger partial charge >= 0.3 is 5.97 Å². The highest BCUT2D eigenvalue weighted by atomic mass is 16.6. The molecule has 0 N–H and O–H groups in total. The van der Waals surface area contributed by atoms with Crippen molar-refractivity contribution < 1.29 is 19.0 Å². The predicted molar refractivity (Wildman–Crippen MR) is 77.6 cm³/mol. The lowest BCUT2D eigenvalue weighted by atomic mass is 10.0. The predicted octanol–water partition coefficient (Wildman–Crippen LogP) is 2.16. The molecule has 1 aromatic carbocycles. The van der Waals surface area contributed by atoms with Crippen molar-refractivity contribution in [1.82, 2.24) is 4.90 Å². The first kappa shape index (κ1) is 14.2. The molecule has 1 atom stereocenters. The molecule has 3 rings (SSSR count). The van der Waals surface area contributed by atoms with Crippen LogP contribution in [0.25, 0.3) is 0 Å². The lowest BCUT2D eigenvalue weighted by Crippen LogP contribution is -2.27. The summed E-state index contributed by atoms with van der Waals surface area (Å²) in [5.41, 5.74) is 1.18. The van der Waals surface area contributed by atoms with Crippen LogP contribution in [0.4, 0.5) is 0 Å². The van der Waals surface area contributed by atoms with Crippen molar-refractivity contribution in [2.24, 2.45) is 0 Å². The summed E-state index contributed by atoms with van der Waals surface area (Å²) < 4.78 is 16.2. The summed E-state index contributed by atoms with van der Waals surface area (Å²) in [5, 5.41) is 0. The maximum atomic E-state index is 11.4. The highest BCUT2D eigenvalue weighted by Crippen LogP contribution is 2.42. The smallest absolute Gasteiger partial charge is 0.306 e. The van der Waals surface area contributed by atoms with Gasteiger partial charge in [0.05, 0.1) is 13.5 Å². The Hall–Kier alpha value is -1.75. The molecule has 0 amide bonds. The molecule has 1 fully saturated rings. The Morgan fingerprint density at radius 3 is 3.10 bits per heavy atom. The Labute approximate surface area is 124 Å². The van der Waals surface area contributed by atoms with E-state index in [-0.39, 0.29) is 5.97 Å². The number of carbonyl (C=O) groups is 1. The molecular formula is C16H21NO4. The number of carbonyl (C=O) groups excluding carboxylic acids is 1. The number of hydrogen-bond donors (Lipinski definition) is 0. The van der Waals surface area contributed by atoms with Gasteiger partial charge in [-0.15, -0.1) is 0 Å². The van der Waals surface area contributed by atoms with E-state index >= 15 is 0 Å². The van der Waals surface area contributed by atoms with E-state index in [1.54, 1.807) is 0 Å². The quantitative estimate of drug-likeness (QED) is 0.796. The molecule has 0 saturated carbocycles. The third-order valence-corrected chi connectivity index (χ3v) is 4.15. The number of esters is 1. The number of fused-ring (bicyclic) bond motifs is 1. The zero-order valence-electron chi connectivity index (χ0n) is 12.3. The average Bonchev–Trinajstić information content (AvgIpc) is 3.00. The zero-order valence-corrected chi connectivity index (χ0v) is 12.3. The fourth-order valence-electron chi connectivity index (χ4n) is 3.14. The summed E-state index contributed by atoms with van der Waals surface area (Å²) >= 11 is 0. The minimum absolute atomic E-state index is 0.157. The lowest BCUT2D eigenvalue weighted by Gasteiger charge is -2.28. The van der Waals surface area contributed by atoms with Gasteiger partial charge in [0.15, 0.2) is 11.5 Å². The van der Waals surface area contributed by atoms with Crippen LogP contribution >= 0.6 is 0 Å². The van der Waals surface area contributed by atoms with E-state index in [0.29, 0.717) is 25.7 Å². The second-order valence-electron chi connectivity index (χ2n) is 5.39. The third kappa shape index (κ3) is 2.97. The average molecular weight is 291 g/mol. The van der Waals surface area contributed by atoms with Gasteiger partial charge in [-0.05, 0) is 25.5 Å². The number of likely N-dealkylation sites (tertiary alicyclic amines) is 1. The summed E-state index contributed by atoms with van der Waals surface area (Å²) in [4.78, 5) is 13.7. The Morgan fingerprint density at radius 1 is 1.38 bits per heavy atom. The van der Waals surface area contributed by atoms with Crippen LogP contribution < -0.4 is 9.47 Å². The van der Waals surface area contributed by atoms with E-state index < -0.39 is 0 Å². The van der Waals surface area contributed by atoms with E-state index in [1.807, 2.05) is 12.1 Å². The van der Waals surface area contributed by atoms with Gasteiger partial charge < -0.3 is 14.2 Å². The molecule has 114 valence electrons. The number of benzene rings is 1. The van der Waals surface area contributed by atoms with Crippen molar-refractivity contribution >= 4 is 5.97 Å². The lowest BCUT2D eigenvalue weighted by molar-refractivity contribution is -0.141. The molecule has 2 aliphatic rings. The van der Waals surface area contributed by atoms with E-state index in [9.17, 15) is 4.79 Å². The Kier molecular flexibility index (Phi) is 4.29. The summed E-state index contributed by atoms with van der Waals surface area (Å²) in [5.74, 6) is 1.55. The first-order valence-electron chi connectivity index (χ1n) is 7.49. The zero-order chi connectivity index (χ0) is 14.7. The minimum Gasteiger partial charge on any atom is -0.486 e. The van der Waals surface area contributed by atoms with Gasteiger partial charge in [0.1, 0.15) is 13.2 Å². The Balaban J connectivity index is 1.77. The van der Waals surface area contributed by atoms with Crippen molar-refractivity contribution in [2.75, 3.05) is 33.4 Å². The molecule has 1 aromatic rings. The van der Waals surface area contributed by atoms with Gasteiger partial charge in [0.25, 0.3) is 0 Å². The molecule has 2 heterocycles. The van der Waals surface area contributed by atoms with Crippen LogP contribution in [-0.2, 0) is 9.53 Å². The molecule has 0 aliphatic carbocycles. The number of methoxy groups -OCH3 is 1. The first-order chi connectivity index (χ1) is 10.3. The van der Waals surface area contributed by atoms with Gasteiger partial charge in [-0.1, -0.05) is 12.1 Å². The van der Waals surface area contributed by atoms with Crippen molar-refractivity contribution in [3.63, 3.8) is 0 Å². The SMILES string of the molecule is COC(=O)CCN1CCCC1c1cccc2c1OCCO2. The molecule has 2 aliphatic heterocycles. The van der Waals surface area contributed by atoms with Gasteiger partial charge in [-0.25, -0.2) is 0 Å². The highest BCUT2D eigenvalue weighted by molar-refractivity contribution is 5.69. The molecular weight excluding hydrogens is 270 g/mol. The van der Waals surface area contributed by atoms with Gasteiger partial charge in [-0.2, -0.15) is 0 Å². The normalized spacial score (nSPS) is 21.3. The number of hydrogen-bond acceptors (Lipinski definition) is 5. The monoisotopic (exact) mass is 291 g/mol. The van der Waals surface area contributed by atoms with Crippen molar-refractivity contribution in [3.8, 4) is 11.5 Å². The summed E-state index contributed by atoms with van der Waals surface area (Å²) in [6.07, 6.45) is 2.65. The molecule has 5 nitrogen and oxygen atoms in total. The second-order valence-corrected chi connectivity index (χ2v) is 5.39. The fourth-order valence-corrected chi connectivity index (χ4v) is 3.14. The first-order valence-corrected chi connectivity index (χ1v) is 7.49. The summed E-state index contributed by atoms with van der Waals surface area (Å²) in [6.45, 7) is 2.93. The summed E-state index contributed by atoms with van der Waals surface area (Å²) in [7, 11) is 1.43. The van der Waals surface area contributed by atoms with Gasteiger partial charge in [0.2, 0.25) is 0 Å². The molecule has 0 radical (unpaired) electrons. The number of rotatable bonds is 4. The number of para-hydroxylation sites is 1. The number of ether oxygens (including phenoxy) is 3. The topological polar surface area (TPSA) is 48.0 Å². The molecule has 0 aromatic heterocycles. The van der Waals surface area contributed by atoms with Gasteiger partial charge in [-0.3, -0.25) is 9.69 Å². The second kappa shape index (κ2) is 6.35. The van der Waals surface area contributed by atoms with E-state index in [1.165, 1.54) is 12.7 Å². The standard InChI is InChI=1S/C16H21NO4/c1-19-15(18)7-9-17-8-3-5-13(17)12-4-2-6-14-16(12)21-11-10-20-14/h2,4,6,13H,3,5,7-11H2,1H3. The molecule has 5 heteroatoms. The number of nitrogens with zero attached hydrogens (tertiary/aromatic N) is 1. The van der Waals surface area contributed by atoms with Crippen LogP contribution in [0.3, 0.4) is 0 Å². The van der Waals surface area contributed by atoms with Crippen LogP contribution in [-0.4, -0.2) is 44.3 Å². The Morgan fingerprint density at radius 2 is 2.24 bits per heavy atom. The van der Waals surface area contributed by atoms with Crippen LogP contribution in [0.15, 0.2) is 18.2 Å². The molecule has 1 unspecified atom stereocenters. The van der Waals surface area contributed by atoms with E-state index in [2.05, 4.69) is 11.0 Å². The van der Waals surface area contributed by atoms with E-state index in [4.69, 9.17) is 14.2 Å².